The summed E-state index contributed by atoms with van der Waals surface area (Å²) in [5.74, 6) is 0.570. The lowest BCUT2D eigenvalue weighted by Gasteiger charge is -2.11. The average molecular weight is 264 g/mol. The van der Waals surface area contributed by atoms with Crippen molar-refractivity contribution >= 4 is 11.6 Å². The van der Waals surface area contributed by atoms with Crippen LogP contribution in [0.25, 0.3) is 0 Å². The molecular formula is C14H20N2O3. The van der Waals surface area contributed by atoms with E-state index in [1.807, 2.05) is 18.2 Å². The summed E-state index contributed by atoms with van der Waals surface area (Å²) >= 11 is 0. The van der Waals surface area contributed by atoms with Gasteiger partial charge in [-0.05, 0) is 31.5 Å². The van der Waals surface area contributed by atoms with Crippen molar-refractivity contribution in [3.05, 3.63) is 24.3 Å². The third-order valence-electron chi connectivity index (χ3n) is 3.07. The molecule has 1 saturated heterocycles. The second kappa shape index (κ2) is 7.11. The molecule has 0 aromatic heterocycles. The molecule has 0 saturated carbocycles. The number of hydrogen-bond acceptors (Lipinski definition) is 4. The normalized spacial score (nSPS) is 18.3. The van der Waals surface area contributed by atoms with Crippen molar-refractivity contribution in [3.63, 3.8) is 0 Å². The van der Waals surface area contributed by atoms with E-state index in [0.29, 0.717) is 24.1 Å². The van der Waals surface area contributed by atoms with Crippen LogP contribution in [0, 0.1) is 0 Å². The Balaban J connectivity index is 1.70. The van der Waals surface area contributed by atoms with E-state index in [9.17, 15) is 4.79 Å². The highest BCUT2D eigenvalue weighted by atomic mass is 16.5. The Morgan fingerprint density at radius 3 is 3.16 bits per heavy atom. The minimum absolute atomic E-state index is 0.0788. The molecule has 104 valence electrons. The largest absolute Gasteiger partial charge is 0.497 e. The van der Waals surface area contributed by atoms with Crippen LogP contribution >= 0.6 is 0 Å². The number of nitrogens with one attached hydrogen (secondary N) is 2. The summed E-state index contributed by atoms with van der Waals surface area (Å²) in [5.41, 5.74) is 0.715. The van der Waals surface area contributed by atoms with Crippen molar-refractivity contribution in [3.8, 4) is 5.75 Å². The number of amides is 1. The smallest absolute Gasteiger partial charge is 0.250 e. The molecule has 0 aliphatic carbocycles. The van der Waals surface area contributed by atoms with Gasteiger partial charge >= 0.3 is 0 Å². The van der Waals surface area contributed by atoms with E-state index in [0.717, 1.165) is 13.0 Å². The van der Waals surface area contributed by atoms with E-state index in [1.165, 1.54) is 6.42 Å². The highest BCUT2D eigenvalue weighted by molar-refractivity contribution is 5.91. The molecule has 1 aromatic carbocycles. The van der Waals surface area contributed by atoms with Crippen LogP contribution in [0.4, 0.5) is 5.69 Å². The first-order chi connectivity index (χ1) is 9.28. The van der Waals surface area contributed by atoms with Gasteiger partial charge in [0.15, 0.2) is 0 Å². The van der Waals surface area contributed by atoms with Crippen LogP contribution in [0.1, 0.15) is 12.8 Å². The van der Waals surface area contributed by atoms with Crippen molar-refractivity contribution in [2.45, 2.75) is 18.9 Å². The molecule has 1 atom stereocenters. The van der Waals surface area contributed by atoms with E-state index >= 15 is 0 Å². The molecule has 5 nitrogen and oxygen atoms in total. The Kier molecular flexibility index (Phi) is 5.18. The van der Waals surface area contributed by atoms with Crippen molar-refractivity contribution in [1.29, 1.82) is 0 Å². The molecule has 1 heterocycles. The highest BCUT2D eigenvalue weighted by Crippen LogP contribution is 2.16. The maximum Gasteiger partial charge on any atom is 0.250 e. The Labute approximate surface area is 113 Å². The first-order valence-corrected chi connectivity index (χ1v) is 6.53. The predicted octanol–water partition coefficient (Wildman–Crippen LogP) is 1.40. The fourth-order valence-electron chi connectivity index (χ4n) is 2.09. The van der Waals surface area contributed by atoms with Gasteiger partial charge in [-0.15, -0.1) is 0 Å². The monoisotopic (exact) mass is 264 g/mol. The van der Waals surface area contributed by atoms with Gasteiger partial charge in [-0.25, -0.2) is 0 Å². The van der Waals surface area contributed by atoms with Crippen LogP contribution in [0.3, 0.4) is 0 Å². The number of hydrogen-bond donors (Lipinski definition) is 2. The van der Waals surface area contributed by atoms with E-state index in [-0.39, 0.29) is 12.5 Å². The third kappa shape index (κ3) is 4.54. The van der Waals surface area contributed by atoms with Crippen LogP contribution in [-0.4, -0.2) is 38.8 Å². The Bertz CT molecular complexity index is 417. The van der Waals surface area contributed by atoms with Gasteiger partial charge in [-0.2, -0.15) is 0 Å². The minimum Gasteiger partial charge on any atom is -0.497 e. The van der Waals surface area contributed by atoms with Gasteiger partial charge in [0, 0.05) is 17.8 Å². The number of ether oxygens (including phenoxy) is 2. The van der Waals surface area contributed by atoms with E-state index in [4.69, 9.17) is 9.47 Å². The standard InChI is InChI=1S/C14H20N2O3/c1-18-13-6-2-4-11(8-13)16-14(17)10-19-9-12-5-3-7-15-12/h2,4,6,8,12,15H,3,5,7,9-10H2,1H3,(H,16,17). The van der Waals surface area contributed by atoms with Gasteiger partial charge in [0.25, 0.3) is 0 Å². The van der Waals surface area contributed by atoms with Crippen molar-refractivity contribution in [2.24, 2.45) is 0 Å². The Morgan fingerprint density at radius 1 is 1.53 bits per heavy atom. The van der Waals surface area contributed by atoms with Crippen molar-refractivity contribution < 1.29 is 14.3 Å². The molecule has 1 fully saturated rings. The average Bonchev–Trinajstić information content (AvgIpc) is 2.92. The second-order valence-electron chi connectivity index (χ2n) is 4.59. The van der Waals surface area contributed by atoms with Gasteiger partial charge in [0.1, 0.15) is 12.4 Å². The second-order valence-corrected chi connectivity index (χ2v) is 4.59. The van der Waals surface area contributed by atoms with E-state index in [2.05, 4.69) is 10.6 Å². The molecule has 0 bridgehead atoms. The van der Waals surface area contributed by atoms with Crippen LogP contribution in [0.5, 0.6) is 5.75 Å². The summed E-state index contributed by atoms with van der Waals surface area (Å²) in [6, 6.07) is 7.65. The van der Waals surface area contributed by atoms with Crippen molar-refractivity contribution in [1.82, 2.24) is 5.32 Å². The van der Waals surface area contributed by atoms with Crippen molar-refractivity contribution in [2.75, 3.05) is 32.2 Å². The zero-order valence-corrected chi connectivity index (χ0v) is 11.1. The number of carbonyl (C=O) groups excluding carboxylic acids is 1. The fraction of sp³-hybridized carbons (Fsp3) is 0.500. The molecular weight excluding hydrogens is 244 g/mol. The molecule has 2 rings (SSSR count). The molecule has 0 spiro atoms. The first kappa shape index (κ1) is 13.8. The molecule has 1 aliphatic rings. The lowest BCUT2D eigenvalue weighted by Crippen LogP contribution is -2.29. The first-order valence-electron chi connectivity index (χ1n) is 6.53. The van der Waals surface area contributed by atoms with Crippen LogP contribution in [-0.2, 0) is 9.53 Å². The van der Waals surface area contributed by atoms with Gasteiger partial charge in [0.05, 0.1) is 13.7 Å². The van der Waals surface area contributed by atoms with Crippen LogP contribution < -0.4 is 15.4 Å². The summed E-state index contributed by atoms with van der Waals surface area (Å²) in [4.78, 5) is 11.7. The number of anilines is 1. The van der Waals surface area contributed by atoms with Gasteiger partial charge < -0.3 is 20.1 Å². The minimum atomic E-state index is -0.147. The number of rotatable bonds is 6. The molecule has 1 amide bonds. The zero-order chi connectivity index (χ0) is 13.5. The molecule has 2 N–H and O–H groups in total. The lowest BCUT2D eigenvalue weighted by atomic mass is 10.2. The van der Waals surface area contributed by atoms with Gasteiger partial charge in [-0.1, -0.05) is 6.07 Å². The maximum absolute atomic E-state index is 11.7. The topological polar surface area (TPSA) is 59.6 Å². The zero-order valence-electron chi connectivity index (χ0n) is 11.1. The molecule has 1 unspecified atom stereocenters. The molecule has 0 radical (unpaired) electrons. The quantitative estimate of drug-likeness (QED) is 0.815. The predicted molar refractivity (Wildman–Crippen MR) is 73.5 cm³/mol. The number of benzene rings is 1. The summed E-state index contributed by atoms with van der Waals surface area (Å²) in [7, 11) is 1.60. The Hall–Kier alpha value is -1.59. The molecule has 5 heteroatoms. The van der Waals surface area contributed by atoms with Gasteiger partial charge in [0.2, 0.25) is 5.91 Å². The molecule has 19 heavy (non-hydrogen) atoms. The Morgan fingerprint density at radius 2 is 2.42 bits per heavy atom. The maximum atomic E-state index is 11.7. The highest BCUT2D eigenvalue weighted by Gasteiger charge is 2.14. The summed E-state index contributed by atoms with van der Waals surface area (Å²) in [5, 5.41) is 6.10. The van der Waals surface area contributed by atoms with Crippen LogP contribution in [0.2, 0.25) is 0 Å². The van der Waals surface area contributed by atoms with E-state index < -0.39 is 0 Å². The van der Waals surface area contributed by atoms with Gasteiger partial charge in [-0.3, -0.25) is 4.79 Å². The summed E-state index contributed by atoms with van der Waals surface area (Å²) < 4.78 is 10.5. The number of carbonyl (C=O) groups is 1. The summed E-state index contributed by atoms with van der Waals surface area (Å²) in [6.07, 6.45) is 2.31. The fourth-order valence-corrected chi connectivity index (χ4v) is 2.09. The third-order valence-corrected chi connectivity index (χ3v) is 3.07. The van der Waals surface area contributed by atoms with E-state index in [1.54, 1.807) is 13.2 Å². The lowest BCUT2D eigenvalue weighted by molar-refractivity contribution is -0.120. The summed E-state index contributed by atoms with van der Waals surface area (Å²) in [6.45, 7) is 1.71. The molecule has 1 aromatic rings. The SMILES string of the molecule is COc1cccc(NC(=O)COCC2CCCN2)c1. The van der Waals surface area contributed by atoms with Crippen LogP contribution in [0.15, 0.2) is 24.3 Å². The number of methoxy groups -OCH3 is 1. The molecule has 1 aliphatic heterocycles.